The maximum Gasteiger partial charge on any atom is 0.327 e. The van der Waals surface area contributed by atoms with E-state index in [9.17, 15) is 4.79 Å². The minimum Gasteiger partial charge on any atom is -0.478 e. The summed E-state index contributed by atoms with van der Waals surface area (Å²) < 4.78 is 0. The fraction of sp³-hybridized carbons (Fsp3) is 0.800. The lowest BCUT2D eigenvalue weighted by molar-refractivity contribution is -0.131. The predicted octanol–water partition coefficient (Wildman–Crippen LogP) is 4.94. The molecule has 0 aliphatic carbocycles. The molecule has 0 spiro atoms. The van der Waals surface area contributed by atoms with E-state index in [0.29, 0.717) is 0 Å². The number of unbranched alkanes of at least 4 members (excludes halogenated alkanes) is 10. The van der Waals surface area contributed by atoms with E-state index in [1.807, 2.05) is 0 Å². The standard InChI is InChI=1S/C15H28O2/c1-2-3-4-5-6-7-8-9-10-11-12-13-14-15(16)17/h13-14H,2-12H2,1H3,(H,16,17)/b14-13-. The first kappa shape index (κ1) is 16.2. The van der Waals surface area contributed by atoms with Crippen LogP contribution < -0.4 is 0 Å². The van der Waals surface area contributed by atoms with Crippen LogP contribution in [0.3, 0.4) is 0 Å². The summed E-state index contributed by atoms with van der Waals surface area (Å²) in [5.41, 5.74) is 0. The van der Waals surface area contributed by atoms with Gasteiger partial charge in [-0.2, -0.15) is 0 Å². The van der Waals surface area contributed by atoms with Crippen molar-refractivity contribution in [3.63, 3.8) is 0 Å². The molecule has 17 heavy (non-hydrogen) atoms. The number of hydrogen-bond acceptors (Lipinski definition) is 1. The summed E-state index contributed by atoms with van der Waals surface area (Å²) in [5, 5.41) is 8.39. The highest BCUT2D eigenvalue weighted by molar-refractivity contribution is 5.79. The van der Waals surface area contributed by atoms with Gasteiger partial charge in [-0.3, -0.25) is 0 Å². The first-order chi connectivity index (χ1) is 8.27. The summed E-state index contributed by atoms with van der Waals surface area (Å²) in [7, 11) is 0. The highest BCUT2D eigenvalue weighted by Gasteiger charge is 1.92. The highest BCUT2D eigenvalue weighted by Crippen LogP contribution is 2.11. The van der Waals surface area contributed by atoms with Crippen molar-refractivity contribution in [3.8, 4) is 0 Å². The Morgan fingerprint density at radius 2 is 1.35 bits per heavy atom. The Morgan fingerprint density at radius 3 is 1.82 bits per heavy atom. The fourth-order valence-electron chi connectivity index (χ4n) is 1.93. The number of carboxylic acids is 1. The van der Waals surface area contributed by atoms with Crippen LogP contribution >= 0.6 is 0 Å². The zero-order chi connectivity index (χ0) is 12.8. The molecule has 0 saturated heterocycles. The van der Waals surface area contributed by atoms with Crippen molar-refractivity contribution in [1.29, 1.82) is 0 Å². The van der Waals surface area contributed by atoms with E-state index in [1.165, 1.54) is 63.9 Å². The largest absolute Gasteiger partial charge is 0.478 e. The SMILES string of the molecule is CCCCCCCCCCCC/C=C\C(=O)O. The van der Waals surface area contributed by atoms with Crippen molar-refractivity contribution in [2.24, 2.45) is 0 Å². The van der Waals surface area contributed by atoms with Gasteiger partial charge < -0.3 is 5.11 Å². The lowest BCUT2D eigenvalue weighted by Crippen LogP contribution is -1.85. The molecule has 100 valence electrons. The second kappa shape index (κ2) is 13.3. The number of aliphatic carboxylic acids is 1. The molecule has 0 aromatic heterocycles. The number of carbonyl (C=O) groups is 1. The zero-order valence-corrected chi connectivity index (χ0v) is 11.3. The van der Waals surface area contributed by atoms with Crippen molar-refractivity contribution >= 4 is 5.97 Å². The number of allylic oxidation sites excluding steroid dienone is 1. The van der Waals surface area contributed by atoms with Gasteiger partial charge in [0.1, 0.15) is 0 Å². The molecule has 0 aliphatic heterocycles. The third-order valence-corrected chi connectivity index (χ3v) is 2.98. The van der Waals surface area contributed by atoms with Crippen LogP contribution in [0.25, 0.3) is 0 Å². The molecule has 0 aromatic carbocycles. The fourth-order valence-corrected chi connectivity index (χ4v) is 1.93. The number of carboxylic acid groups (broad SMARTS) is 1. The van der Waals surface area contributed by atoms with E-state index >= 15 is 0 Å². The van der Waals surface area contributed by atoms with Gasteiger partial charge in [0.2, 0.25) is 0 Å². The van der Waals surface area contributed by atoms with Crippen molar-refractivity contribution in [2.75, 3.05) is 0 Å². The zero-order valence-electron chi connectivity index (χ0n) is 11.3. The third kappa shape index (κ3) is 15.2. The molecule has 0 rings (SSSR count). The predicted molar refractivity (Wildman–Crippen MR) is 73.2 cm³/mol. The molecule has 0 unspecified atom stereocenters. The van der Waals surface area contributed by atoms with E-state index < -0.39 is 5.97 Å². The van der Waals surface area contributed by atoms with Gasteiger partial charge in [-0.1, -0.05) is 70.8 Å². The molecule has 0 radical (unpaired) electrons. The lowest BCUT2D eigenvalue weighted by Gasteiger charge is -2.01. The Labute approximate surface area is 106 Å². The molecule has 1 N–H and O–H groups in total. The Kier molecular flexibility index (Phi) is 12.7. The summed E-state index contributed by atoms with van der Waals surface area (Å²) in [6.45, 7) is 2.25. The van der Waals surface area contributed by atoms with Crippen molar-refractivity contribution in [3.05, 3.63) is 12.2 Å². The van der Waals surface area contributed by atoms with Crippen LogP contribution in [-0.4, -0.2) is 11.1 Å². The van der Waals surface area contributed by atoms with E-state index in [4.69, 9.17) is 5.11 Å². The average molecular weight is 240 g/mol. The van der Waals surface area contributed by atoms with Crippen LogP contribution in [0.1, 0.15) is 77.6 Å². The van der Waals surface area contributed by atoms with Crippen LogP contribution in [0.15, 0.2) is 12.2 Å². The molecule has 0 saturated carbocycles. The van der Waals surface area contributed by atoms with Crippen LogP contribution in [-0.2, 0) is 4.79 Å². The van der Waals surface area contributed by atoms with Gasteiger partial charge in [-0.15, -0.1) is 0 Å². The quantitative estimate of drug-likeness (QED) is 0.387. The minimum absolute atomic E-state index is 0.836. The Balaban J connectivity index is 3.01. The molecule has 0 amide bonds. The van der Waals surface area contributed by atoms with Gasteiger partial charge in [0.15, 0.2) is 0 Å². The molecular weight excluding hydrogens is 212 g/mol. The van der Waals surface area contributed by atoms with Crippen LogP contribution in [0.4, 0.5) is 0 Å². The smallest absolute Gasteiger partial charge is 0.327 e. The molecular formula is C15H28O2. The Morgan fingerprint density at radius 1 is 0.882 bits per heavy atom. The van der Waals surface area contributed by atoms with Crippen molar-refractivity contribution in [1.82, 2.24) is 0 Å². The normalized spacial score (nSPS) is 11.1. The summed E-state index contributed by atoms with van der Waals surface area (Å²) in [6.07, 6.45) is 17.2. The first-order valence-corrected chi connectivity index (χ1v) is 7.17. The lowest BCUT2D eigenvalue weighted by atomic mass is 10.1. The van der Waals surface area contributed by atoms with Crippen molar-refractivity contribution < 1.29 is 9.90 Å². The summed E-state index contributed by atoms with van der Waals surface area (Å²) in [6, 6.07) is 0. The Bertz CT molecular complexity index is 197. The van der Waals surface area contributed by atoms with Gasteiger partial charge in [-0.05, 0) is 12.8 Å². The molecule has 2 nitrogen and oxygen atoms in total. The number of rotatable bonds is 12. The second-order valence-electron chi connectivity index (χ2n) is 4.71. The van der Waals surface area contributed by atoms with E-state index in [2.05, 4.69) is 6.92 Å². The van der Waals surface area contributed by atoms with Crippen LogP contribution in [0.5, 0.6) is 0 Å². The third-order valence-electron chi connectivity index (χ3n) is 2.98. The van der Waals surface area contributed by atoms with Gasteiger partial charge in [0.25, 0.3) is 0 Å². The summed E-state index contributed by atoms with van der Waals surface area (Å²) >= 11 is 0. The van der Waals surface area contributed by atoms with E-state index in [0.717, 1.165) is 12.8 Å². The van der Waals surface area contributed by atoms with Crippen LogP contribution in [0, 0.1) is 0 Å². The Hall–Kier alpha value is -0.790. The highest BCUT2D eigenvalue weighted by atomic mass is 16.4. The molecule has 2 heteroatoms. The maximum absolute atomic E-state index is 10.2. The topological polar surface area (TPSA) is 37.3 Å². The minimum atomic E-state index is -0.836. The summed E-state index contributed by atoms with van der Waals surface area (Å²) in [4.78, 5) is 10.2. The van der Waals surface area contributed by atoms with Gasteiger partial charge >= 0.3 is 5.97 Å². The van der Waals surface area contributed by atoms with Gasteiger partial charge in [0, 0.05) is 6.08 Å². The number of hydrogen-bond donors (Lipinski definition) is 1. The molecule has 0 heterocycles. The van der Waals surface area contributed by atoms with Crippen LogP contribution in [0.2, 0.25) is 0 Å². The van der Waals surface area contributed by atoms with Crippen molar-refractivity contribution in [2.45, 2.75) is 77.6 Å². The second-order valence-corrected chi connectivity index (χ2v) is 4.71. The molecule has 0 fully saturated rings. The van der Waals surface area contributed by atoms with Gasteiger partial charge in [-0.25, -0.2) is 4.79 Å². The van der Waals surface area contributed by atoms with E-state index in [1.54, 1.807) is 6.08 Å². The monoisotopic (exact) mass is 240 g/mol. The summed E-state index contributed by atoms with van der Waals surface area (Å²) in [5.74, 6) is -0.836. The van der Waals surface area contributed by atoms with E-state index in [-0.39, 0.29) is 0 Å². The van der Waals surface area contributed by atoms with Gasteiger partial charge in [0.05, 0.1) is 0 Å². The average Bonchev–Trinajstić information content (AvgIpc) is 2.30. The molecule has 0 aliphatic rings. The molecule has 0 aromatic rings. The molecule has 0 atom stereocenters. The maximum atomic E-state index is 10.2. The first-order valence-electron chi connectivity index (χ1n) is 7.17. The molecule has 0 bridgehead atoms.